The molecule has 0 unspecified atom stereocenters. The predicted octanol–water partition coefficient (Wildman–Crippen LogP) is 3.00. The number of hydrogen-bond donors (Lipinski definition) is 0. The van der Waals surface area contributed by atoms with E-state index in [9.17, 15) is 9.59 Å². The maximum absolute atomic E-state index is 12.6. The number of hydrogen-bond acceptors (Lipinski definition) is 6. The van der Waals surface area contributed by atoms with Gasteiger partial charge in [-0.25, -0.2) is 0 Å². The summed E-state index contributed by atoms with van der Waals surface area (Å²) in [6, 6.07) is 5.54. The van der Waals surface area contributed by atoms with E-state index in [4.69, 9.17) is 9.47 Å². The zero-order valence-corrected chi connectivity index (χ0v) is 18.9. The Bertz CT molecular complexity index is 837. The van der Waals surface area contributed by atoms with Gasteiger partial charge in [-0.3, -0.25) is 19.5 Å². The van der Waals surface area contributed by atoms with E-state index in [1.807, 2.05) is 32.1 Å². The van der Waals surface area contributed by atoms with Crippen LogP contribution in [0.5, 0.6) is 5.75 Å². The summed E-state index contributed by atoms with van der Waals surface area (Å²) in [5, 5.41) is 0.742. The minimum atomic E-state index is -0.0539. The lowest BCUT2D eigenvalue weighted by molar-refractivity contribution is -0.137. The van der Waals surface area contributed by atoms with Gasteiger partial charge in [-0.2, -0.15) is 0 Å². The number of halogens is 1. The molecular formula is C20H24BrN3O4S. The molecule has 0 radical (unpaired) electrons. The molecule has 2 heterocycles. The lowest BCUT2D eigenvalue weighted by Crippen LogP contribution is -2.43. The summed E-state index contributed by atoms with van der Waals surface area (Å²) in [4.78, 5) is 33.3. The van der Waals surface area contributed by atoms with E-state index in [1.165, 1.54) is 11.8 Å². The molecule has 0 N–H and O–H groups in total. The number of benzene rings is 1. The molecule has 0 atom stereocenters. The number of carbonyl (C=O) groups excluding carboxylic acids is 2. The second kappa shape index (κ2) is 10.3. The highest BCUT2D eigenvalue weighted by Gasteiger charge is 2.31. The van der Waals surface area contributed by atoms with Gasteiger partial charge in [0, 0.05) is 26.2 Å². The standard InChI is InChI=1S/C20H24BrN3O4S/c1-3-22-20-24(4-2)19(26)17(29-20)12-14-5-6-16(15(21)11-14)28-13-18(25)23-7-9-27-10-8-23/h5-6,11-12H,3-4,7-10,13H2,1-2H3. The van der Waals surface area contributed by atoms with Gasteiger partial charge >= 0.3 is 0 Å². The Morgan fingerprint density at radius 3 is 2.76 bits per heavy atom. The largest absolute Gasteiger partial charge is 0.483 e. The van der Waals surface area contributed by atoms with Crippen molar-refractivity contribution in [3.8, 4) is 5.75 Å². The molecule has 2 aliphatic heterocycles. The van der Waals surface area contributed by atoms with Crippen LogP contribution in [0, 0.1) is 0 Å². The third kappa shape index (κ3) is 5.40. The second-order valence-corrected chi connectivity index (χ2v) is 8.25. The first kappa shape index (κ1) is 21.9. The molecule has 29 heavy (non-hydrogen) atoms. The van der Waals surface area contributed by atoms with Crippen molar-refractivity contribution >= 4 is 50.7 Å². The van der Waals surface area contributed by atoms with Gasteiger partial charge in [0.05, 0.1) is 22.6 Å². The van der Waals surface area contributed by atoms with Crippen LogP contribution in [-0.2, 0) is 14.3 Å². The normalized spacial score (nSPS) is 20.0. The van der Waals surface area contributed by atoms with E-state index in [-0.39, 0.29) is 18.4 Å². The number of morpholine rings is 1. The van der Waals surface area contributed by atoms with Gasteiger partial charge in [-0.15, -0.1) is 0 Å². The van der Waals surface area contributed by atoms with Crippen LogP contribution in [0.4, 0.5) is 0 Å². The molecule has 2 saturated heterocycles. The maximum atomic E-state index is 12.6. The molecule has 0 saturated carbocycles. The predicted molar refractivity (Wildman–Crippen MR) is 118 cm³/mol. The van der Waals surface area contributed by atoms with Crippen molar-refractivity contribution in [2.75, 3.05) is 46.0 Å². The van der Waals surface area contributed by atoms with Gasteiger partial charge < -0.3 is 14.4 Å². The van der Waals surface area contributed by atoms with E-state index in [0.717, 1.165) is 15.2 Å². The lowest BCUT2D eigenvalue weighted by Gasteiger charge is -2.26. The quantitative estimate of drug-likeness (QED) is 0.584. The lowest BCUT2D eigenvalue weighted by atomic mass is 10.2. The third-order valence-electron chi connectivity index (χ3n) is 4.47. The zero-order chi connectivity index (χ0) is 20.8. The highest BCUT2D eigenvalue weighted by molar-refractivity contribution is 9.10. The number of amidine groups is 1. The van der Waals surface area contributed by atoms with Crippen molar-refractivity contribution in [1.29, 1.82) is 0 Å². The van der Waals surface area contributed by atoms with Crippen LogP contribution in [0.15, 0.2) is 32.6 Å². The average Bonchev–Trinajstić information content (AvgIpc) is 3.02. The van der Waals surface area contributed by atoms with E-state index in [1.54, 1.807) is 15.9 Å². The fourth-order valence-corrected chi connectivity index (χ4v) is 4.57. The van der Waals surface area contributed by atoms with Crippen molar-refractivity contribution in [1.82, 2.24) is 9.80 Å². The molecule has 1 aromatic carbocycles. The molecule has 7 nitrogen and oxygen atoms in total. The first-order valence-corrected chi connectivity index (χ1v) is 11.2. The SMILES string of the molecule is CCN=C1SC(=Cc2ccc(OCC(=O)N3CCOCC3)c(Br)c2)C(=O)N1CC. The fraction of sp³-hybridized carbons (Fsp3) is 0.450. The summed E-state index contributed by atoms with van der Waals surface area (Å²) in [6.45, 7) is 7.43. The third-order valence-corrected chi connectivity index (χ3v) is 6.13. The van der Waals surface area contributed by atoms with Crippen molar-refractivity contribution in [2.45, 2.75) is 13.8 Å². The minimum Gasteiger partial charge on any atom is -0.483 e. The number of amides is 2. The summed E-state index contributed by atoms with van der Waals surface area (Å²) in [5.41, 5.74) is 0.869. The zero-order valence-electron chi connectivity index (χ0n) is 16.5. The van der Waals surface area contributed by atoms with Crippen LogP contribution in [0.25, 0.3) is 6.08 Å². The minimum absolute atomic E-state index is 0.0182. The van der Waals surface area contributed by atoms with E-state index in [2.05, 4.69) is 20.9 Å². The highest BCUT2D eigenvalue weighted by atomic mass is 79.9. The number of aliphatic imine (C=N–C) groups is 1. The fourth-order valence-electron chi connectivity index (χ4n) is 2.96. The van der Waals surface area contributed by atoms with Crippen molar-refractivity contribution < 1.29 is 19.1 Å². The molecule has 0 bridgehead atoms. The first-order chi connectivity index (χ1) is 14.0. The van der Waals surface area contributed by atoms with Crippen molar-refractivity contribution in [3.05, 3.63) is 33.1 Å². The highest BCUT2D eigenvalue weighted by Crippen LogP contribution is 2.34. The monoisotopic (exact) mass is 481 g/mol. The summed E-state index contributed by atoms with van der Waals surface area (Å²) < 4.78 is 11.7. The van der Waals surface area contributed by atoms with Crippen LogP contribution in [-0.4, -0.2) is 72.8 Å². The Morgan fingerprint density at radius 2 is 2.10 bits per heavy atom. The number of ether oxygens (including phenoxy) is 2. The molecule has 1 aromatic rings. The number of thioether (sulfide) groups is 1. The summed E-state index contributed by atoms with van der Waals surface area (Å²) in [7, 11) is 0. The molecule has 2 fully saturated rings. The van der Waals surface area contributed by atoms with Gasteiger partial charge in [0.2, 0.25) is 0 Å². The number of carbonyl (C=O) groups is 2. The molecular weight excluding hydrogens is 458 g/mol. The second-order valence-electron chi connectivity index (χ2n) is 6.39. The topological polar surface area (TPSA) is 71.4 Å². The van der Waals surface area contributed by atoms with Gasteiger partial charge in [-0.05, 0) is 65.3 Å². The average molecular weight is 482 g/mol. The van der Waals surface area contributed by atoms with Crippen molar-refractivity contribution in [2.24, 2.45) is 4.99 Å². The Balaban J connectivity index is 1.66. The van der Waals surface area contributed by atoms with Crippen LogP contribution >= 0.6 is 27.7 Å². The van der Waals surface area contributed by atoms with Crippen molar-refractivity contribution in [3.63, 3.8) is 0 Å². The molecule has 2 amide bonds. The molecule has 0 aliphatic carbocycles. The number of nitrogens with zero attached hydrogens (tertiary/aromatic N) is 3. The molecule has 2 aliphatic rings. The summed E-state index contributed by atoms with van der Waals surface area (Å²) in [5.74, 6) is 0.501. The number of likely N-dealkylation sites (N-methyl/N-ethyl adjacent to an activating group) is 1. The first-order valence-electron chi connectivity index (χ1n) is 9.57. The Kier molecular flexibility index (Phi) is 7.74. The summed E-state index contributed by atoms with van der Waals surface area (Å²) in [6.07, 6.45) is 1.85. The van der Waals surface area contributed by atoms with Crippen LogP contribution in [0.3, 0.4) is 0 Å². The van der Waals surface area contributed by atoms with Gasteiger partial charge in [0.1, 0.15) is 5.75 Å². The molecule has 156 valence electrons. The maximum Gasteiger partial charge on any atom is 0.266 e. The Morgan fingerprint density at radius 1 is 1.34 bits per heavy atom. The molecule has 9 heteroatoms. The van der Waals surface area contributed by atoms with Gasteiger partial charge in [0.15, 0.2) is 11.8 Å². The Hall–Kier alpha value is -1.84. The summed E-state index contributed by atoms with van der Waals surface area (Å²) >= 11 is 4.89. The van der Waals surface area contributed by atoms with Gasteiger partial charge in [0.25, 0.3) is 11.8 Å². The molecule has 0 aromatic heterocycles. The van der Waals surface area contributed by atoms with E-state index >= 15 is 0 Å². The van der Waals surface area contributed by atoms with Gasteiger partial charge in [-0.1, -0.05) is 6.07 Å². The van der Waals surface area contributed by atoms with Crippen LogP contribution in [0.2, 0.25) is 0 Å². The smallest absolute Gasteiger partial charge is 0.266 e. The van der Waals surface area contributed by atoms with Crippen LogP contribution < -0.4 is 4.74 Å². The Labute approximate surface area is 183 Å². The van der Waals surface area contributed by atoms with E-state index in [0.29, 0.717) is 50.0 Å². The van der Waals surface area contributed by atoms with E-state index < -0.39 is 0 Å². The number of rotatable bonds is 6. The molecule has 0 spiro atoms. The molecule has 3 rings (SSSR count). The van der Waals surface area contributed by atoms with Crippen LogP contribution in [0.1, 0.15) is 19.4 Å².